The molecule has 0 radical (unpaired) electrons. The molecule has 6 heteroatoms. The molecule has 0 bridgehead atoms. The summed E-state index contributed by atoms with van der Waals surface area (Å²) in [6.07, 6.45) is 9.03. The van der Waals surface area contributed by atoms with Gasteiger partial charge >= 0.3 is 0 Å². The van der Waals surface area contributed by atoms with Crippen molar-refractivity contribution in [1.29, 1.82) is 0 Å². The summed E-state index contributed by atoms with van der Waals surface area (Å²) in [5, 5.41) is 3.29. The van der Waals surface area contributed by atoms with Crippen LogP contribution >= 0.6 is 0 Å². The molecule has 1 aromatic carbocycles. The van der Waals surface area contributed by atoms with E-state index in [0.717, 1.165) is 29.9 Å². The van der Waals surface area contributed by atoms with E-state index in [-0.39, 0.29) is 11.9 Å². The van der Waals surface area contributed by atoms with Crippen LogP contribution in [0, 0.1) is 6.92 Å². The van der Waals surface area contributed by atoms with Crippen molar-refractivity contribution in [3.05, 3.63) is 47.7 Å². The second-order valence-corrected chi connectivity index (χ2v) is 9.07. The van der Waals surface area contributed by atoms with Gasteiger partial charge in [-0.15, -0.1) is 0 Å². The van der Waals surface area contributed by atoms with Gasteiger partial charge in [-0.25, -0.2) is 4.98 Å². The molecule has 2 fully saturated rings. The van der Waals surface area contributed by atoms with Gasteiger partial charge in [0.15, 0.2) is 5.75 Å². The van der Waals surface area contributed by atoms with Crippen LogP contribution in [0.1, 0.15) is 54.4 Å². The zero-order chi connectivity index (χ0) is 21.2. The SMILES string of the molecule is Cc1ccc(N2CCOc3c(C(=O)N[C@H]4CC[C@H](N5CCCC5)CC4)cccc32)nc1. The Morgan fingerprint density at radius 2 is 1.87 bits per heavy atom. The van der Waals surface area contributed by atoms with Crippen LogP contribution in [0.4, 0.5) is 11.5 Å². The fourth-order valence-corrected chi connectivity index (χ4v) is 5.24. The van der Waals surface area contributed by atoms with Gasteiger partial charge in [-0.1, -0.05) is 12.1 Å². The van der Waals surface area contributed by atoms with Gasteiger partial charge < -0.3 is 19.9 Å². The number of likely N-dealkylation sites (tertiary alicyclic amines) is 1. The second kappa shape index (κ2) is 8.87. The van der Waals surface area contributed by atoms with Crippen LogP contribution in [0.15, 0.2) is 36.5 Å². The minimum Gasteiger partial charge on any atom is -0.489 e. The number of amides is 1. The average Bonchev–Trinajstić information content (AvgIpc) is 3.34. The van der Waals surface area contributed by atoms with Crippen LogP contribution < -0.4 is 15.0 Å². The Labute approximate surface area is 184 Å². The largest absolute Gasteiger partial charge is 0.489 e. The van der Waals surface area contributed by atoms with Crippen molar-refractivity contribution in [3.8, 4) is 5.75 Å². The number of benzene rings is 1. The van der Waals surface area contributed by atoms with E-state index in [1.807, 2.05) is 37.4 Å². The maximum atomic E-state index is 13.2. The molecule has 1 saturated heterocycles. The van der Waals surface area contributed by atoms with Gasteiger partial charge in [0.25, 0.3) is 5.91 Å². The number of aryl methyl sites for hydroxylation is 1. The quantitative estimate of drug-likeness (QED) is 0.808. The van der Waals surface area contributed by atoms with Crippen LogP contribution in [0.5, 0.6) is 5.75 Å². The smallest absolute Gasteiger partial charge is 0.255 e. The number of fused-ring (bicyclic) bond motifs is 1. The zero-order valence-electron chi connectivity index (χ0n) is 18.3. The van der Waals surface area contributed by atoms with Crippen molar-refractivity contribution >= 4 is 17.4 Å². The molecule has 1 saturated carbocycles. The summed E-state index contributed by atoms with van der Waals surface area (Å²) in [6, 6.07) is 10.9. The van der Waals surface area contributed by atoms with Gasteiger partial charge in [-0.2, -0.15) is 0 Å². The van der Waals surface area contributed by atoms with Gasteiger partial charge in [0.2, 0.25) is 0 Å². The molecule has 0 atom stereocenters. The minimum absolute atomic E-state index is 0.0276. The summed E-state index contributed by atoms with van der Waals surface area (Å²) in [7, 11) is 0. The van der Waals surface area contributed by atoms with Crippen molar-refractivity contribution < 1.29 is 9.53 Å². The van der Waals surface area contributed by atoms with Gasteiger partial charge in [0.1, 0.15) is 12.4 Å². The fraction of sp³-hybridized carbons (Fsp3) is 0.520. The van der Waals surface area contributed by atoms with Crippen LogP contribution in [-0.4, -0.2) is 54.1 Å². The molecule has 5 rings (SSSR count). The first-order valence-electron chi connectivity index (χ1n) is 11.7. The van der Waals surface area contributed by atoms with E-state index in [0.29, 0.717) is 30.5 Å². The predicted octanol–water partition coefficient (Wildman–Crippen LogP) is 4.06. The van der Waals surface area contributed by atoms with E-state index in [4.69, 9.17) is 4.74 Å². The number of carbonyl (C=O) groups excluding carboxylic acids is 1. The summed E-state index contributed by atoms with van der Waals surface area (Å²) >= 11 is 0. The number of para-hydroxylation sites is 1. The van der Waals surface area contributed by atoms with Crippen molar-refractivity contribution in [2.24, 2.45) is 0 Å². The standard InChI is InChI=1S/C25H32N4O2/c1-18-7-12-23(26-17-18)29-15-16-31-24-21(5-4-6-22(24)29)25(30)27-19-8-10-20(11-9-19)28-13-2-3-14-28/h4-7,12,17,19-20H,2-3,8-11,13-16H2,1H3,(H,27,30)/t19-,20-. The Bertz CT molecular complexity index is 916. The number of nitrogens with one attached hydrogen (secondary N) is 1. The second-order valence-electron chi connectivity index (χ2n) is 9.07. The van der Waals surface area contributed by atoms with E-state index in [1.165, 1.54) is 38.8 Å². The first-order valence-corrected chi connectivity index (χ1v) is 11.7. The molecular formula is C25H32N4O2. The number of ether oxygens (including phenoxy) is 1. The monoisotopic (exact) mass is 420 g/mol. The molecule has 3 heterocycles. The summed E-state index contributed by atoms with van der Waals surface area (Å²) in [5.41, 5.74) is 2.66. The van der Waals surface area contributed by atoms with E-state index in [9.17, 15) is 4.79 Å². The molecule has 0 unspecified atom stereocenters. The highest BCUT2D eigenvalue weighted by Crippen LogP contribution is 2.38. The topological polar surface area (TPSA) is 57.7 Å². The van der Waals surface area contributed by atoms with Crippen LogP contribution in [0.3, 0.4) is 0 Å². The Morgan fingerprint density at radius 3 is 2.61 bits per heavy atom. The van der Waals surface area contributed by atoms with E-state index in [1.54, 1.807) is 0 Å². The molecule has 0 spiro atoms. The van der Waals surface area contributed by atoms with E-state index < -0.39 is 0 Å². The third-order valence-electron chi connectivity index (χ3n) is 6.95. The average molecular weight is 421 g/mol. The summed E-state index contributed by atoms with van der Waals surface area (Å²) in [4.78, 5) is 22.5. The van der Waals surface area contributed by atoms with Gasteiger partial charge in [-0.3, -0.25) is 4.79 Å². The fourth-order valence-electron chi connectivity index (χ4n) is 5.24. The summed E-state index contributed by atoms with van der Waals surface area (Å²) in [5.74, 6) is 1.52. The third-order valence-corrected chi connectivity index (χ3v) is 6.95. The number of pyridine rings is 1. The molecule has 1 amide bonds. The first kappa shape index (κ1) is 20.3. The van der Waals surface area contributed by atoms with Gasteiger partial charge in [0.05, 0.1) is 17.8 Å². The van der Waals surface area contributed by atoms with Crippen LogP contribution in [0.2, 0.25) is 0 Å². The molecule has 2 aromatic rings. The Kier molecular flexibility index (Phi) is 5.81. The number of rotatable bonds is 4. The normalized spacial score (nSPS) is 23.8. The maximum absolute atomic E-state index is 13.2. The molecular weight excluding hydrogens is 388 g/mol. The number of hydrogen-bond acceptors (Lipinski definition) is 5. The molecule has 2 aliphatic heterocycles. The Hall–Kier alpha value is -2.60. The number of hydrogen-bond donors (Lipinski definition) is 1. The van der Waals surface area contributed by atoms with Crippen molar-refractivity contribution in [2.45, 2.75) is 57.5 Å². The van der Waals surface area contributed by atoms with Crippen LogP contribution in [0.25, 0.3) is 0 Å². The summed E-state index contributed by atoms with van der Waals surface area (Å²) in [6.45, 7) is 5.79. The number of nitrogens with zero attached hydrogens (tertiary/aromatic N) is 3. The highest BCUT2D eigenvalue weighted by molar-refractivity contribution is 5.99. The molecule has 1 aromatic heterocycles. The molecule has 1 aliphatic carbocycles. The number of carbonyl (C=O) groups is 1. The summed E-state index contributed by atoms with van der Waals surface area (Å²) < 4.78 is 5.99. The predicted molar refractivity (Wildman–Crippen MR) is 122 cm³/mol. The Morgan fingerprint density at radius 1 is 1.06 bits per heavy atom. The Balaban J connectivity index is 1.28. The van der Waals surface area contributed by atoms with Crippen molar-refractivity contribution in [1.82, 2.24) is 15.2 Å². The lowest BCUT2D eigenvalue weighted by Gasteiger charge is -2.35. The molecule has 31 heavy (non-hydrogen) atoms. The van der Waals surface area contributed by atoms with Crippen molar-refractivity contribution in [2.75, 3.05) is 31.1 Å². The van der Waals surface area contributed by atoms with Crippen molar-refractivity contribution in [3.63, 3.8) is 0 Å². The lowest BCUT2D eigenvalue weighted by molar-refractivity contribution is 0.0906. The van der Waals surface area contributed by atoms with Crippen LogP contribution in [-0.2, 0) is 0 Å². The lowest BCUT2D eigenvalue weighted by atomic mass is 9.90. The zero-order valence-corrected chi connectivity index (χ0v) is 18.3. The maximum Gasteiger partial charge on any atom is 0.255 e. The molecule has 1 N–H and O–H groups in total. The highest BCUT2D eigenvalue weighted by Gasteiger charge is 2.30. The lowest BCUT2D eigenvalue weighted by Crippen LogP contribution is -2.43. The molecule has 3 aliphatic rings. The third kappa shape index (κ3) is 4.26. The van der Waals surface area contributed by atoms with E-state index >= 15 is 0 Å². The minimum atomic E-state index is -0.0276. The molecule has 164 valence electrons. The van der Waals surface area contributed by atoms with Gasteiger partial charge in [0, 0.05) is 18.3 Å². The van der Waals surface area contributed by atoms with Gasteiger partial charge in [-0.05, 0) is 82.3 Å². The molecule has 6 nitrogen and oxygen atoms in total. The van der Waals surface area contributed by atoms with E-state index in [2.05, 4.69) is 26.2 Å². The number of anilines is 2. The first-order chi connectivity index (χ1) is 15.2. The highest BCUT2D eigenvalue weighted by atomic mass is 16.5. The number of aromatic nitrogens is 1.